The van der Waals surface area contributed by atoms with Gasteiger partial charge in [0, 0.05) is 5.56 Å². The van der Waals surface area contributed by atoms with Crippen LogP contribution in [0.5, 0.6) is 0 Å². The molecule has 10 heteroatoms. The van der Waals surface area contributed by atoms with Crippen molar-refractivity contribution in [3.05, 3.63) is 65.0 Å². The number of alkyl halides is 6. The van der Waals surface area contributed by atoms with Crippen LogP contribution in [0.4, 0.5) is 36.4 Å². The average Bonchev–Trinajstić information content (AvgIpc) is 2.52. The maximum absolute atomic E-state index is 12.7. The van der Waals surface area contributed by atoms with Gasteiger partial charge in [-0.3, -0.25) is 15.6 Å². The van der Waals surface area contributed by atoms with Crippen molar-refractivity contribution in [1.82, 2.24) is 5.43 Å². The lowest BCUT2D eigenvalue weighted by Gasteiger charge is -2.14. The monoisotopic (exact) mass is 366 g/mol. The Kier molecular flexibility index (Phi) is 4.91. The van der Waals surface area contributed by atoms with Crippen LogP contribution in [-0.2, 0) is 12.4 Å². The van der Waals surface area contributed by atoms with E-state index in [1.165, 1.54) is 12.1 Å². The highest BCUT2D eigenvalue weighted by Gasteiger charge is 2.37. The topological polar surface area (TPSA) is 41.1 Å². The number of hydrogen-bond acceptors (Lipinski definition) is 2. The Morgan fingerprint density at radius 2 is 1.28 bits per heavy atom. The zero-order valence-corrected chi connectivity index (χ0v) is 12.1. The van der Waals surface area contributed by atoms with E-state index in [9.17, 15) is 35.5 Å². The molecule has 2 aromatic rings. The summed E-state index contributed by atoms with van der Waals surface area (Å²) in [5, 5.41) is 0. The Bertz CT molecular complexity index is 735. The molecule has 0 bridgehead atoms. The molecule has 1 amide bonds. The highest BCUT2D eigenvalue weighted by molar-refractivity contribution is 5.95. The number of amides is 1. The number of hydrogen-bond donors (Lipinski definition) is 2. The van der Waals surface area contributed by atoms with Crippen molar-refractivity contribution < 1.29 is 35.5 Å². The van der Waals surface area contributed by atoms with Crippen LogP contribution in [-0.4, -0.2) is 5.91 Å². The predicted molar refractivity (Wildman–Crippen MR) is 73.9 cm³/mol. The van der Waals surface area contributed by atoms with E-state index in [0.717, 1.165) is 12.1 Å². The van der Waals surface area contributed by atoms with Crippen LogP contribution in [0, 0.1) is 5.82 Å². The number of nitrogens with one attached hydrogen (secondary N) is 2. The minimum Gasteiger partial charge on any atom is -0.298 e. The van der Waals surface area contributed by atoms with E-state index in [4.69, 9.17) is 0 Å². The summed E-state index contributed by atoms with van der Waals surface area (Å²) >= 11 is 0. The first-order chi connectivity index (χ1) is 11.5. The summed E-state index contributed by atoms with van der Waals surface area (Å²) in [5.41, 5.74) is 0.341. The maximum atomic E-state index is 12.7. The molecule has 2 rings (SSSR count). The quantitative estimate of drug-likeness (QED) is 0.615. The molecule has 0 aromatic heterocycles. The lowest BCUT2D eigenvalue weighted by atomic mass is 10.0. The summed E-state index contributed by atoms with van der Waals surface area (Å²) in [5.74, 6) is -1.79. The van der Waals surface area contributed by atoms with Crippen LogP contribution >= 0.6 is 0 Å². The van der Waals surface area contributed by atoms with Crippen LogP contribution in [0.2, 0.25) is 0 Å². The van der Waals surface area contributed by atoms with E-state index in [0.29, 0.717) is 12.1 Å². The van der Waals surface area contributed by atoms with Gasteiger partial charge in [0.25, 0.3) is 5.91 Å². The highest BCUT2D eigenvalue weighted by Crippen LogP contribution is 2.36. The summed E-state index contributed by atoms with van der Waals surface area (Å²) in [4.78, 5) is 11.9. The van der Waals surface area contributed by atoms with Crippen LogP contribution in [0.25, 0.3) is 0 Å². The fraction of sp³-hybridized carbons (Fsp3) is 0.133. The Balaban J connectivity index is 2.27. The van der Waals surface area contributed by atoms with Gasteiger partial charge in [0.05, 0.1) is 16.8 Å². The Labute approximate surface area is 136 Å². The number of halogens is 7. The van der Waals surface area contributed by atoms with Crippen molar-refractivity contribution in [2.24, 2.45) is 0 Å². The fourth-order valence-corrected chi connectivity index (χ4v) is 1.82. The number of carbonyl (C=O) groups is 1. The standard InChI is InChI=1S/C15H9F7N2O/c16-11-1-3-12(4-2-11)23-24-13(25)8-5-9(14(17,18)19)7-10(6-8)15(20,21)22/h1-7,23H,(H,24,25). The molecule has 0 aliphatic rings. The Hall–Kier alpha value is -2.78. The first-order valence-corrected chi connectivity index (χ1v) is 6.58. The molecule has 0 atom stereocenters. The van der Waals surface area contributed by atoms with E-state index in [-0.39, 0.29) is 11.8 Å². The number of carbonyl (C=O) groups excluding carboxylic acids is 1. The van der Waals surface area contributed by atoms with Gasteiger partial charge in [-0.15, -0.1) is 0 Å². The Morgan fingerprint density at radius 1 is 0.800 bits per heavy atom. The molecule has 0 radical (unpaired) electrons. The second-order valence-electron chi connectivity index (χ2n) is 4.88. The van der Waals surface area contributed by atoms with E-state index >= 15 is 0 Å². The van der Waals surface area contributed by atoms with E-state index in [1.807, 2.05) is 5.43 Å². The second kappa shape index (κ2) is 6.61. The average molecular weight is 366 g/mol. The molecule has 0 fully saturated rings. The number of hydrazine groups is 1. The molecule has 0 saturated heterocycles. The van der Waals surface area contributed by atoms with Crippen molar-refractivity contribution in [2.45, 2.75) is 12.4 Å². The number of anilines is 1. The molecular formula is C15H9F7N2O. The third kappa shape index (κ3) is 4.85. The maximum Gasteiger partial charge on any atom is 0.416 e. The molecule has 25 heavy (non-hydrogen) atoms. The fourth-order valence-electron chi connectivity index (χ4n) is 1.82. The molecule has 0 aliphatic heterocycles. The minimum absolute atomic E-state index is 0.0792. The number of benzene rings is 2. The molecule has 0 spiro atoms. The third-order valence-corrected chi connectivity index (χ3v) is 3.01. The molecule has 2 N–H and O–H groups in total. The van der Waals surface area contributed by atoms with Gasteiger partial charge < -0.3 is 0 Å². The largest absolute Gasteiger partial charge is 0.416 e. The van der Waals surface area contributed by atoms with Crippen molar-refractivity contribution in [2.75, 3.05) is 5.43 Å². The summed E-state index contributed by atoms with van der Waals surface area (Å²) < 4.78 is 89.2. The molecule has 0 unspecified atom stereocenters. The van der Waals surface area contributed by atoms with Gasteiger partial charge in [0.1, 0.15) is 5.82 Å². The zero-order chi connectivity index (χ0) is 18.8. The van der Waals surface area contributed by atoms with Gasteiger partial charge in [-0.25, -0.2) is 4.39 Å². The van der Waals surface area contributed by atoms with Crippen molar-refractivity contribution in [3.8, 4) is 0 Å². The zero-order valence-electron chi connectivity index (χ0n) is 12.1. The van der Waals surface area contributed by atoms with Gasteiger partial charge in [-0.1, -0.05) is 0 Å². The molecule has 0 heterocycles. The van der Waals surface area contributed by atoms with Gasteiger partial charge >= 0.3 is 12.4 Å². The molecule has 2 aromatic carbocycles. The number of rotatable bonds is 3. The highest BCUT2D eigenvalue weighted by atomic mass is 19.4. The molecule has 3 nitrogen and oxygen atoms in total. The lowest BCUT2D eigenvalue weighted by molar-refractivity contribution is -0.143. The van der Waals surface area contributed by atoms with Crippen LogP contribution in [0.3, 0.4) is 0 Å². The van der Waals surface area contributed by atoms with Gasteiger partial charge in [0.15, 0.2) is 0 Å². The lowest BCUT2D eigenvalue weighted by Crippen LogP contribution is -2.30. The van der Waals surface area contributed by atoms with Gasteiger partial charge in [-0.2, -0.15) is 26.3 Å². The van der Waals surface area contributed by atoms with Crippen molar-refractivity contribution in [1.29, 1.82) is 0 Å². The minimum atomic E-state index is -5.05. The summed E-state index contributed by atoms with van der Waals surface area (Å²) in [7, 11) is 0. The third-order valence-electron chi connectivity index (χ3n) is 3.01. The molecule has 0 aliphatic carbocycles. The van der Waals surface area contributed by atoms with E-state index < -0.39 is 40.8 Å². The first-order valence-electron chi connectivity index (χ1n) is 6.58. The van der Waals surface area contributed by atoms with Crippen LogP contribution < -0.4 is 10.9 Å². The summed E-state index contributed by atoms with van der Waals surface area (Å²) in [6.45, 7) is 0. The molecular weight excluding hydrogens is 357 g/mol. The van der Waals surface area contributed by atoms with Crippen LogP contribution in [0.15, 0.2) is 42.5 Å². The predicted octanol–water partition coefficient (Wildman–Crippen LogP) is 4.62. The van der Waals surface area contributed by atoms with Crippen molar-refractivity contribution in [3.63, 3.8) is 0 Å². The van der Waals surface area contributed by atoms with E-state index in [2.05, 4.69) is 5.43 Å². The summed E-state index contributed by atoms with van der Waals surface area (Å²) in [6.07, 6.45) is -10.1. The normalized spacial score (nSPS) is 12.0. The van der Waals surface area contributed by atoms with E-state index in [1.54, 1.807) is 0 Å². The first kappa shape index (κ1) is 18.6. The summed E-state index contributed by atoms with van der Waals surface area (Å²) in [6, 6.07) is 5.03. The Morgan fingerprint density at radius 3 is 1.72 bits per heavy atom. The smallest absolute Gasteiger partial charge is 0.298 e. The molecule has 134 valence electrons. The SMILES string of the molecule is O=C(NNc1ccc(F)cc1)c1cc(C(F)(F)F)cc(C(F)(F)F)c1. The van der Waals surface area contributed by atoms with Crippen LogP contribution in [0.1, 0.15) is 21.5 Å². The van der Waals surface area contributed by atoms with Crippen molar-refractivity contribution >= 4 is 11.6 Å². The molecule has 0 saturated carbocycles. The van der Waals surface area contributed by atoms with Gasteiger partial charge in [-0.05, 0) is 42.5 Å². The second-order valence-corrected chi connectivity index (χ2v) is 4.88. The van der Waals surface area contributed by atoms with Gasteiger partial charge in [0.2, 0.25) is 0 Å².